The maximum absolute atomic E-state index is 12.7. The number of halogens is 1. The summed E-state index contributed by atoms with van der Waals surface area (Å²) in [6.07, 6.45) is 3.75. The van der Waals surface area contributed by atoms with Crippen LogP contribution in [0, 0.1) is 5.92 Å². The number of carbonyl (C=O) groups is 2. The van der Waals surface area contributed by atoms with Crippen molar-refractivity contribution in [3.05, 3.63) is 47.8 Å². The SMILES string of the molecule is CCOC(=O)c1cccc(NC(=O)[C@H]2CNC[C@@H]2c2cnn(C)c2)c1.Cl. The zero-order chi connectivity index (χ0) is 17.8. The molecule has 8 heteroatoms. The standard InChI is InChI=1S/C18H22N4O3.ClH/c1-3-25-18(24)12-5-4-6-14(7-12)21-17(23)16-10-19-9-15(16)13-8-20-22(2)11-13;/h4-8,11,15-16,19H,3,9-10H2,1-2H3,(H,21,23);1H/t15-,16+;/m1./s1. The Hall–Kier alpha value is -2.38. The van der Waals surface area contributed by atoms with E-state index in [9.17, 15) is 9.59 Å². The number of aryl methyl sites for hydroxylation is 1. The second-order valence-corrected chi connectivity index (χ2v) is 6.11. The molecule has 1 aromatic heterocycles. The highest BCUT2D eigenvalue weighted by Crippen LogP contribution is 2.29. The van der Waals surface area contributed by atoms with Crippen LogP contribution in [0.2, 0.25) is 0 Å². The Morgan fingerprint density at radius 3 is 2.88 bits per heavy atom. The highest BCUT2D eigenvalue weighted by atomic mass is 35.5. The van der Waals surface area contributed by atoms with Gasteiger partial charge in [0.05, 0.1) is 24.3 Å². The van der Waals surface area contributed by atoms with Crippen LogP contribution in [0.5, 0.6) is 0 Å². The van der Waals surface area contributed by atoms with E-state index in [1.54, 1.807) is 42.1 Å². The summed E-state index contributed by atoms with van der Waals surface area (Å²) < 4.78 is 6.74. The molecule has 0 radical (unpaired) electrons. The first kappa shape index (κ1) is 19.9. The largest absolute Gasteiger partial charge is 0.462 e. The monoisotopic (exact) mass is 378 g/mol. The lowest BCUT2D eigenvalue weighted by molar-refractivity contribution is -0.119. The summed E-state index contributed by atoms with van der Waals surface area (Å²) in [5, 5.41) is 10.4. The summed E-state index contributed by atoms with van der Waals surface area (Å²) in [5.74, 6) is -0.563. The summed E-state index contributed by atoms with van der Waals surface area (Å²) in [6, 6.07) is 6.80. The van der Waals surface area contributed by atoms with Gasteiger partial charge in [-0.15, -0.1) is 12.4 Å². The number of aromatic nitrogens is 2. The number of nitrogens with one attached hydrogen (secondary N) is 2. The fraction of sp³-hybridized carbons (Fsp3) is 0.389. The van der Waals surface area contributed by atoms with Gasteiger partial charge in [-0.25, -0.2) is 4.79 Å². The summed E-state index contributed by atoms with van der Waals surface area (Å²) in [6.45, 7) is 3.43. The molecule has 2 heterocycles. The Morgan fingerprint density at radius 2 is 2.19 bits per heavy atom. The minimum atomic E-state index is -0.394. The molecule has 26 heavy (non-hydrogen) atoms. The Bertz CT molecular complexity index is 777. The number of benzene rings is 1. The minimum Gasteiger partial charge on any atom is -0.462 e. The first-order chi connectivity index (χ1) is 12.1. The number of carbonyl (C=O) groups excluding carboxylic acids is 2. The number of rotatable bonds is 5. The van der Waals surface area contributed by atoms with Gasteiger partial charge in [0.25, 0.3) is 0 Å². The number of hydrogen-bond donors (Lipinski definition) is 2. The van der Waals surface area contributed by atoms with Gasteiger partial charge in [-0.05, 0) is 30.7 Å². The summed E-state index contributed by atoms with van der Waals surface area (Å²) >= 11 is 0. The van der Waals surface area contributed by atoms with E-state index in [1.165, 1.54) is 0 Å². The first-order valence-electron chi connectivity index (χ1n) is 8.35. The van der Waals surface area contributed by atoms with E-state index in [0.717, 1.165) is 12.1 Å². The predicted molar refractivity (Wildman–Crippen MR) is 101 cm³/mol. The van der Waals surface area contributed by atoms with Crippen LogP contribution < -0.4 is 10.6 Å². The summed E-state index contributed by atoms with van der Waals surface area (Å²) in [5.41, 5.74) is 2.06. The number of ether oxygens (including phenoxy) is 1. The lowest BCUT2D eigenvalue weighted by Gasteiger charge is -2.17. The van der Waals surface area contributed by atoms with Crippen molar-refractivity contribution < 1.29 is 14.3 Å². The van der Waals surface area contributed by atoms with Gasteiger partial charge in [-0.1, -0.05) is 6.07 Å². The molecule has 0 spiro atoms. The Morgan fingerprint density at radius 1 is 1.38 bits per heavy atom. The van der Waals surface area contributed by atoms with Gasteiger partial charge < -0.3 is 15.4 Å². The van der Waals surface area contributed by atoms with Gasteiger partial charge in [0.2, 0.25) is 5.91 Å². The number of anilines is 1. The van der Waals surface area contributed by atoms with Crippen molar-refractivity contribution >= 4 is 30.0 Å². The van der Waals surface area contributed by atoms with Crippen LogP contribution in [0.15, 0.2) is 36.7 Å². The van der Waals surface area contributed by atoms with Gasteiger partial charge >= 0.3 is 5.97 Å². The molecular formula is C18H23ClN4O3. The highest BCUT2D eigenvalue weighted by molar-refractivity contribution is 5.96. The van der Waals surface area contributed by atoms with E-state index in [4.69, 9.17) is 4.74 Å². The third-order valence-corrected chi connectivity index (χ3v) is 4.35. The summed E-state index contributed by atoms with van der Waals surface area (Å²) in [4.78, 5) is 24.5. The van der Waals surface area contributed by atoms with Crippen molar-refractivity contribution in [1.82, 2.24) is 15.1 Å². The van der Waals surface area contributed by atoms with Crippen molar-refractivity contribution in [3.63, 3.8) is 0 Å². The molecule has 1 saturated heterocycles. The molecule has 3 rings (SSSR count). The quantitative estimate of drug-likeness (QED) is 0.777. The number of esters is 1. The average Bonchev–Trinajstić information content (AvgIpc) is 3.24. The Labute approximate surface area is 158 Å². The van der Waals surface area contributed by atoms with Gasteiger partial charge in [0.15, 0.2) is 0 Å². The highest BCUT2D eigenvalue weighted by Gasteiger charge is 2.34. The number of hydrogen-bond acceptors (Lipinski definition) is 5. The van der Waals surface area contributed by atoms with E-state index in [2.05, 4.69) is 15.7 Å². The molecule has 140 valence electrons. The molecule has 1 fully saturated rings. The zero-order valence-electron chi connectivity index (χ0n) is 14.8. The van der Waals surface area contributed by atoms with Crippen LogP contribution in [0.1, 0.15) is 28.8 Å². The molecule has 1 aliphatic rings. The fourth-order valence-electron chi connectivity index (χ4n) is 3.11. The van der Waals surface area contributed by atoms with Crippen molar-refractivity contribution in [2.45, 2.75) is 12.8 Å². The van der Waals surface area contributed by atoms with Gasteiger partial charge in [0, 0.05) is 37.9 Å². The first-order valence-corrected chi connectivity index (χ1v) is 8.35. The van der Waals surface area contributed by atoms with Crippen molar-refractivity contribution in [2.24, 2.45) is 13.0 Å². The normalized spacial score (nSPS) is 18.8. The molecule has 0 unspecified atom stereocenters. The topological polar surface area (TPSA) is 85.2 Å². The van der Waals surface area contributed by atoms with Crippen LogP contribution in [-0.4, -0.2) is 41.4 Å². The number of nitrogens with zero attached hydrogens (tertiary/aromatic N) is 2. The van der Waals surface area contributed by atoms with Crippen LogP contribution in [0.3, 0.4) is 0 Å². The van der Waals surface area contributed by atoms with Crippen LogP contribution in [0.25, 0.3) is 0 Å². The van der Waals surface area contributed by atoms with Crippen LogP contribution in [-0.2, 0) is 16.6 Å². The molecule has 7 nitrogen and oxygen atoms in total. The molecule has 2 N–H and O–H groups in total. The molecule has 1 aromatic carbocycles. The van der Waals surface area contributed by atoms with Gasteiger partial charge in [-0.2, -0.15) is 5.10 Å². The van der Waals surface area contributed by atoms with E-state index in [-0.39, 0.29) is 30.2 Å². The van der Waals surface area contributed by atoms with E-state index in [0.29, 0.717) is 24.4 Å². The molecular weight excluding hydrogens is 356 g/mol. The van der Waals surface area contributed by atoms with Crippen molar-refractivity contribution in [2.75, 3.05) is 25.0 Å². The van der Waals surface area contributed by atoms with Gasteiger partial charge in [-0.3, -0.25) is 9.48 Å². The predicted octanol–water partition coefficient (Wildman–Crippen LogP) is 1.96. The molecule has 2 aromatic rings. The zero-order valence-corrected chi connectivity index (χ0v) is 15.6. The minimum absolute atomic E-state index is 0. The van der Waals surface area contributed by atoms with Crippen molar-refractivity contribution in [1.29, 1.82) is 0 Å². The van der Waals surface area contributed by atoms with E-state index < -0.39 is 5.97 Å². The molecule has 0 aliphatic carbocycles. The average molecular weight is 379 g/mol. The van der Waals surface area contributed by atoms with E-state index >= 15 is 0 Å². The molecule has 1 aliphatic heterocycles. The van der Waals surface area contributed by atoms with E-state index in [1.807, 2.05) is 13.2 Å². The number of amides is 1. The molecule has 0 bridgehead atoms. The fourth-order valence-corrected chi connectivity index (χ4v) is 3.11. The maximum atomic E-state index is 12.7. The third-order valence-electron chi connectivity index (χ3n) is 4.35. The lowest BCUT2D eigenvalue weighted by Crippen LogP contribution is -2.28. The Balaban J connectivity index is 0.00000243. The molecule has 0 saturated carbocycles. The third kappa shape index (κ3) is 4.42. The van der Waals surface area contributed by atoms with Crippen molar-refractivity contribution in [3.8, 4) is 0 Å². The lowest BCUT2D eigenvalue weighted by atomic mass is 9.90. The van der Waals surface area contributed by atoms with Crippen LogP contribution in [0.4, 0.5) is 5.69 Å². The maximum Gasteiger partial charge on any atom is 0.338 e. The second kappa shape index (κ2) is 8.82. The molecule has 1 amide bonds. The summed E-state index contributed by atoms with van der Waals surface area (Å²) in [7, 11) is 1.86. The van der Waals surface area contributed by atoms with Crippen LogP contribution >= 0.6 is 12.4 Å². The Kier molecular flexibility index (Phi) is 6.76. The molecule has 2 atom stereocenters. The smallest absolute Gasteiger partial charge is 0.338 e. The van der Waals surface area contributed by atoms with Gasteiger partial charge in [0.1, 0.15) is 0 Å². The second-order valence-electron chi connectivity index (χ2n) is 6.11.